The van der Waals surface area contributed by atoms with E-state index in [2.05, 4.69) is 0 Å². The van der Waals surface area contributed by atoms with E-state index in [1.165, 1.54) is 0 Å². The van der Waals surface area contributed by atoms with Crippen molar-refractivity contribution in [3.63, 3.8) is 0 Å². The summed E-state index contributed by atoms with van der Waals surface area (Å²) in [6, 6.07) is 6.68. The van der Waals surface area contributed by atoms with Crippen molar-refractivity contribution in [2.75, 3.05) is 5.73 Å². The molecule has 0 saturated carbocycles. The van der Waals surface area contributed by atoms with Gasteiger partial charge in [0.25, 0.3) is 0 Å². The number of rotatable bonds is 1. The van der Waals surface area contributed by atoms with Crippen LogP contribution >= 0.6 is 0 Å². The summed E-state index contributed by atoms with van der Waals surface area (Å²) in [6.07, 6.45) is 1.78. The Hall–Kier alpha value is -2.83. The van der Waals surface area contributed by atoms with E-state index >= 15 is 8.63 Å². The molecular formula is C19H20BF2N3O. The van der Waals surface area contributed by atoms with Gasteiger partial charge in [-0.25, -0.2) is 0 Å². The number of halogens is 2. The summed E-state index contributed by atoms with van der Waals surface area (Å²) in [5, 5.41) is 10.1. The summed E-state index contributed by atoms with van der Waals surface area (Å²) >= 11 is 0. The molecule has 3 N–H and O–H groups in total. The number of phenolic OH excluding ortho intramolecular Hbond substituents is 1. The number of hydrogen-bond acceptors (Lipinski definition) is 2. The van der Waals surface area contributed by atoms with Crippen molar-refractivity contribution in [2.45, 2.75) is 27.7 Å². The standard InChI is InChI=1S/C19H20BF2N3O/c1-10-7-12(3)24-18(10)17(14-5-6-15(23)16(26)9-14)19-11(2)8-13(4)25(19)20(24,21)22/h5-9,26H,23H2,1-4H3. The van der Waals surface area contributed by atoms with Gasteiger partial charge in [0.15, 0.2) is 5.70 Å². The SMILES string of the molecule is CC1=CC(C)=[N+]2C1=C(c1ccc(N)c(O)c1)c1c(C)cc(C)n1[B-]2(F)F. The highest BCUT2D eigenvalue weighted by Gasteiger charge is 2.55. The smallest absolute Gasteiger partial charge is 0.506 e. The third-order valence-corrected chi connectivity index (χ3v) is 5.25. The van der Waals surface area contributed by atoms with Crippen molar-refractivity contribution in [1.82, 2.24) is 4.48 Å². The molecule has 0 aliphatic carbocycles. The predicted molar refractivity (Wildman–Crippen MR) is 101 cm³/mol. The van der Waals surface area contributed by atoms with Crippen LogP contribution in [0.15, 0.2) is 41.6 Å². The van der Waals surface area contributed by atoms with Crippen LogP contribution < -0.4 is 5.73 Å². The minimum atomic E-state index is -3.99. The van der Waals surface area contributed by atoms with Gasteiger partial charge in [0.1, 0.15) is 11.5 Å². The van der Waals surface area contributed by atoms with E-state index in [4.69, 9.17) is 5.73 Å². The van der Waals surface area contributed by atoms with Crippen molar-refractivity contribution in [1.29, 1.82) is 0 Å². The number of phenols is 1. The molecule has 7 heteroatoms. The summed E-state index contributed by atoms with van der Waals surface area (Å²) in [5.41, 5.74) is 10.9. The second kappa shape index (κ2) is 5.10. The van der Waals surface area contributed by atoms with Crippen LogP contribution in [0.1, 0.15) is 36.4 Å². The highest BCUT2D eigenvalue weighted by Crippen LogP contribution is 2.44. The van der Waals surface area contributed by atoms with E-state index in [-0.39, 0.29) is 11.4 Å². The fraction of sp³-hybridized carbons (Fsp3) is 0.211. The quantitative estimate of drug-likeness (QED) is 0.464. The first-order chi connectivity index (χ1) is 12.1. The molecule has 4 nitrogen and oxygen atoms in total. The Morgan fingerprint density at radius 1 is 1.12 bits per heavy atom. The fourth-order valence-corrected chi connectivity index (χ4v) is 4.27. The van der Waals surface area contributed by atoms with Gasteiger partial charge in [-0.15, -0.1) is 0 Å². The van der Waals surface area contributed by atoms with Crippen LogP contribution in [-0.4, -0.2) is 26.8 Å². The van der Waals surface area contributed by atoms with Gasteiger partial charge in [-0.1, -0.05) is 6.07 Å². The van der Waals surface area contributed by atoms with Gasteiger partial charge < -0.3 is 28.4 Å². The normalized spacial score (nSPS) is 18.2. The van der Waals surface area contributed by atoms with Gasteiger partial charge in [0, 0.05) is 24.3 Å². The molecule has 0 saturated heterocycles. The maximum atomic E-state index is 15.5. The number of hydrogen-bond donors (Lipinski definition) is 2. The number of allylic oxidation sites excluding steroid dienone is 2. The van der Waals surface area contributed by atoms with E-state index in [0.29, 0.717) is 33.9 Å². The van der Waals surface area contributed by atoms with E-state index in [9.17, 15) is 5.11 Å². The molecule has 0 radical (unpaired) electrons. The average molecular weight is 355 g/mol. The summed E-state index contributed by atoms with van der Waals surface area (Å²) in [6.45, 7) is 3.07. The van der Waals surface area contributed by atoms with E-state index in [0.717, 1.165) is 20.1 Å². The lowest BCUT2D eigenvalue weighted by atomic mass is 9.83. The molecule has 4 rings (SSSR count). The molecule has 1 aromatic carbocycles. The Labute approximate surface area is 150 Å². The lowest BCUT2D eigenvalue weighted by molar-refractivity contribution is -0.363. The second-order valence-corrected chi connectivity index (χ2v) is 7.11. The Bertz CT molecular complexity index is 1080. The highest BCUT2D eigenvalue weighted by molar-refractivity contribution is 6.58. The van der Waals surface area contributed by atoms with Gasteiger partial charge in [0.05, 0.1) is 11.3 Å². The minimum Gasteiger partial charge on any atom is -0.506 e. The molecule has 0 amide bonds. The number of benzene rings is 1. The van der Waals surface area contributed by atoms with Crippen LogP contribution in [0.5, 0.6) is 5.75 Å². The van der Waals surface area contributed by atoms with E-state index < -0.39 is 6.97 Å². The van der Waals surface area contributed by atoms with Crippen molar-refractivity contribution >= 4 is 23.9 Å². The second-order valence-electron chi connectivity index (χ2n) is 7.11. The number of nitrogen functional groups attached to an aromatic ring is 1. The van der Waals surface area contributed by atoms with E-state index in [1.54, 1.807) is 44.2 Å². The number of fused-ring (bicyclic) bond motifs is 2. The van der Waals surface area contributed by atoms with Crippen molar-refractivity contribution < 1.29 is 18.2 Å². The lowest BCUT2D eigenvalue weighted by Gasteiger charge is -2.34. The Balaban J connectivity index is 2.17. The molecule has 1 aromatic heterocycles. The molecule has 0 bridgehead atoms. The molecular weight excluding hydrogens is 335 g/mol. The molecule has 0 spiro atoms. The maximum Gasteiger partial charge on any atom is 0.737 e. The zero-order valence-corrected chi connectivity index (χ0v) is 15.1. The largest absolute Gasteiger partial charge is 0.737 e. The zero-order chi connectivity index (χ0) is 19.0. The fourth-order valence-electron chi connectivity index (χ4n) is 4.27. The molecule has 134 valence electrons. The number of aromatic nitrogens is 1. The predicted octanol–water partition coefficient (Wildman–Crippen LogP) is 3.82. The number of anilines is 1. The Morgan fingerprint density at radius 2 is 1.81 bits per heavy atom. The summed E-state index contributed by atoms with van der Waals surface area (Å²) < 4.78 is 33.2. The molecule has 2 aliphatic rings. The maximum absolute atomic E-state index is 15.5. The third-order valence-electron chi connectivity index (χ3n) is 5.25. The molecule has 2 aromatic rings. The van der Waals surface area contributed by atoms with Crippen LogP contribution in [0, 0.1) is 13.8 Å². The van der Waals surface area contributed by atoms with Crippen molar-refractivity contribution in [3.05, 3.63) is 64.1 Å². The monoisotopic (exact) mass is 355 g/mol. The summed E-state index contributed by atoms with van der Waals surface area (Å²) in [7, 11) is 0. The molecule has 0 atom stereocenters. The van der Waals surface area contributed by atoms with Gasteiger partial charge in [0.2, 0.25) is 0 Å². The molecule has 2 aliphatic heterocycles. The average Bonchev–Trinajstić information content (AvgIpc) is 3.01. The first kappa shape index (κ1) is 16.6. The molecule has 0 unspecified atom stereocenters. The van der Waals surface area contributed by atoms with Gasteiger partial charge in [-0.05, 0) is 55.8 Å². The van der Waals surface area contributed by atoms with Gasteiger partial charge in [-0.2, -0.15) is 0 Å². The van der Waals surface area contributed by atoms with Crippen LogP contribution in [0.4, 0.5) is 14.3 Å². The first-order valence-corrected chi connectivity index (χ1v) is 8.50. The number of aryl methyl sites for hydroxylation is 2. The molecule has 26 heavy (non-hydrogen) atoms. The topological polar surface area (TPSA) is 54.2 Å². The van der Waals surface area contributed by atoms with Gasteiger partial charge >= 0.3 is 6.97 Å². The lowest BCUT2D eigenvalue weighted by Crippen LogP contribution is -2.51. The number of nitrogens with zero attached hydrogens (tertiary/aromatic N) is 2. The Kier molecular flexibility index (Phi) is 3.26. The van der Waals surface area contributed by atoms with Gasteiger partial charge in [-0.3, -0.25) is 0 Å². The third kappa shape index (κ3) is 1.97. The van der Waals surface area contributed by atoms with Crippen LogP contribution in [0.2, 0.25) is 0 Å². The first-order valence-electron chi connectivity index (χ1n) is 8.50. The molecule has 0 fully saturated rings. The Morgan fingerprint density at radius 3 is 2.46 bits per heavy atom. The number of aromatic hydroxyl groups is 1. The summed E-state index contributed by atoms with van der Waals surface area (Å²) in [5.74, 6) is -0.0576. The van der Waals surface area contributed by atoms with Crippen molar-refractivity contribution in [2.24, 2.45) is 0 Å². The van der Waals surface area contributed by atoms with Crippen molar-refractivity contribution in [3.8, 4) is 5.75 Å². The highest BCUT2D eigenvalue weighted by atomic mass is 19.2. The van der Waals surface area contributed by atoms with Crippen LogP contribution in [0.3, 0.4) is 0 Å². The molecule has 3 heterocycles. The minimum absolute atomic E-state index is 0.0576. The zero-order valence-electron chi connectivity index (χ0n) is 15.1. The van der Waals surface area contributed by atoms with E-state index in [1.807, 2.05) is 13.8 Å². The van der Waals surface area contributed by atoms with Crippen LogP contribution in [-0.2, 0) is 0 Å². The summed E-state index contributed by atoms with van der Waals surface area (Å²) in [4.78, 5) is 0. The number of nitrogens with two attached hydrogens (primary N) is 1. The van der Waals surface area contributed by atoms with Crippen LogP contribution in [0.25, 0.3) is 5.57 Å².